The van der Waals surface area contributed by atoms with Crippen LogP contribution in [0.4, 0.5) is 0 Å². The van der Waals surface area contributed by atoms with E-state index in [1.165, 1.54) is 0 Å². The van der Waals surface area contributed by atoms with Crippen LogP contribution in [0.25, 0.3) is 0 Å². The van der Waals surface area contributed by atoms with Crippen molar-refractivity contribution in [1.82, 2.24) is 4.90 Å². The Hall–Kier alpha value is -0.280. The van der Waals surface area contributed by atoms with Gasteiger partial charge in [0.25, 0.3) is 0 Å². The molecule has 1 fully saturated rings. The highest BCUT2D eigenvalue weighted by atomic mass is 35.5. The fourth-order valence-corrected chi connectivity index (χ4v) is 1.99. The van der Waals surface area contributed by atoms with E-state index in [4.69, 9.17) is 5.73 Å². The normalized spacial score (nSPS) is 24.1. The fourth-order valence-electron chi connectivity index (χ4n) is 1.99. The summed E-state index contributed by atoms with van der Waals surface area (Å²) in [5.41, 5.74) is 5.86. The van der Waals surface area contributed by atoms with Crippen LogP contribution in [0.3, 0.4) is 0 Å². The molecule has 16 heavy (non-hydrogen) atoms. The Labute approximate surface area is 105 Å². The van der Waals surface area contributed by atoms with Gasteiger partial charge in [-0.2, -0.15) is 0 Å². The van der Waals surface area contributed by atoms with Crippen molar-refractivity contribution < 1.29 is 4.79 Å². The van der Waals surface area contributed by atoms with E-state index in [0.717, 1.165) is 19.5 Å². The van der Waals surface area contributed by atoms with Crippen LogP contribution in [-0.4, -0.2) is 29.9 Å². The number of nitrogens with zero attached hydrogens (tertiary/aromatic N) is 1. The van der Waals surface area contributed by atoms with Gasteiger partial charge in [0.05, 0.1) is 0 Å². The minimum absolute atomic E-state index is 0. The molecule has 1 aliphatic rings. The van der Waals surface area contributed by atoms with Crippen LogP contribution < -0.4 is 5.73 Å². The van der Waals surface area contributed by atoms with Crippen LogP contribution in [0.2, 0.25) is 0 Å². The molecule has 3 nitrogen and oxygen atoms in total. The lowest BCUT2D eigenvalue weighted by Crippen LogP contribution is -2.37. The summed E-state index contributed by atoms with van der Waals surface area (Å²) < 4.78 is 0. The van der Waals surface area contributed by atoms with Gasteiger partial charge in [-0.05, 0) is 25.2 Å². The van der Waals surface area contributed by atoms with Gasteiger partial charge in [0.15, 0.2) is 0 Å². The average molecular weight is 249 g/mol. The third kappa shape index (κ3) is 3.63. The molecule has 4 heteroatoms. The van der Waals surface area contributed by atoms with Crippen molar-refractivity contribution in [2.24, 2.45) is 23.5 Å². The molecular formula is C12H25ClN2O. The molecule has 0 aromatic rings. The summed E-state index contributed by atoms with van der Waals surface area (Å²) in [6.07, 6.45) is 1.06. The number of halogens is 1. The zero-order valence-electron chi connectivity index (χ0n) is 10.8. The van der Waals surface area contributed by atoms with Gasteiger partial charge in [0, 0.05) is 25.0 Å². The summed E-state index contributed by atoms with van der Waals surface area (Å²) in [4.78, 5) is 14.0. The molecule has 0 spiro atoms. The minimum atomic E-state index is 0. The van der Waals surface area contributed by atoms with Crippen molar-refractivity contribution in [3.63, 3.8) is 0 Å². The van der Waals surface area contributed by atoms with E-state index in [1.54, 1.807) is 0 Å². The van der Waals surface area contributed by atoms with Gasteiger partial charge in [-0.3, -0.25) is 4.79 Å². The highest BCUT2D eigenvalue weighted by Gasteiger charge is 2.31. The standard InChI is InChI=1S/C12H24N2O.ClH/c1-8(2)9(3)12(15)14-6-5-11(7-14)10(4)13;/h8-11H,5-7,13H2,1-4H3;1H. The summed E-state index contributed by atoms with van der Waals surface area (Å²) >= 11 is 0. The summed E-state index contributed by atoms with van der Waals surface area (Å²) in [5, 5.41) is 0. The molecule has 96 valence electrons. The third-order valence-electron chi connectivity index (χ3n) is 3.67. The molecule has 1 rings (SSSR count). The fraction of sp³-hybridized carbons (Fsp3) is 0.917. The predicted molar refractivity (Wildman–Crippen MR) is 69.6 cm³/mol. The van der Waals surface area contributed by atoms with Crippen molar-refractivity contribution in [2.75, 3.05) is 13.1 Å². The predicted octanol–water partition coefficient (Wildman–Crippen LogP) is 1.90. The van der Waals surface area contributed by atoms with Crippen molar-refractivity contribution in [3.05, 3.63) is 0 Å². The topological polar surface area (TPSA) is 46.3 Å². The third-order valence-corrected chi connectivity index (χ3v) is 3.67. The maximum atomic E-state index is 12.0. The Bertz CT molecular complexity index is 231. The maximum absolute atomic E-state index is 12.0. The Kier molecular flexibility index (Phi) is 6.34. The highest BCUT2D eigenvalue weighted by molar-refractivity contribution is 5.85. The molecule has 0 aliphatic carbocycles. The number of nitrogens with two attached hydrogens (primary N) is 1. The monoisotopic (exact) mass is 248 g/mol. The number of likely N-dealkylation sites (tertiary alicyclic amines) is 1. The van der Waals surface area contributed by atoms with Crippen molar-refractivity contribution in [1.29, 1.82) is 0 Å². The number of hydrogen-bond donors (Lipinski definition) is 1. The zero-order valence-corrected chi connectivity index (χ0v) is 11.6. The SMILES string of the molecule is CC(C)C(C)C(=O)N1CCC(C(C)N)C1.Cl. The Balaban J connectivity index is 0.00000225. The van der Waals surface area contributed by atoms with Gasteiger partial charge in [-0.15, -0.1) is 12.4 Å². The molecule has 1 amide bonds. The van der Waals surface area contributed by atoms with Crippen LogP contribution in [-0.2, 0) is 4.79 Å². The largest absolute Gasteiger partial charge is 0.342 e. The van der Waals surface area contributed by atoms with Gasteiger partial charge >= 0.3 is 0 Å². The number of hydrogen-bond acceptors (Lipinski definition) is 2. The molecule has 0 aromatic carbocycles. The molecule has 3 unspecified atom stereocenters. The van der Waals surface area contributed by atoms with Crippen LogP contribution in [0.15, 0.2) is 0 Å². The quantitative estimate of drug-likeness (QED) is 0.829. The molecule has 0 saturated carbocycles. The number of carbonyl (C=O) groups is 1. The second-order valence-corrected chi connectivity index (χ2v) is 5.22. The van der Waals surface area contributed by atoms with Crippen molar-refractivity contribution in [2.45, 2.75) is 40.2 Å². The van der Waals surface area contributed by atoms with Crippen LogP contribution in [0.1, 0.15) is 34.1 Å². The Morgan fingerprint density at radius 1 is 1.31 bits per heavy atom. The number of rotatable bonds is 3. The van der Waals surface area contributed by atoms with Gasteiger partial charge in [0.1, 0.15) is 0 Å². The maximum Gasteiger partial charge on any atom is 0.225 e. The molecule has 1 saturated heterocycles. The first-order valence-corrected chi connectivity index (χ1v) is 5.97. The lowest BCUT2D eigenvalue weighted by Gasteiger charge is -2.23. The van der Waals surface area contributed by atoms with Gasteiger partial charge in [0.2, 0.25) is 5.91 Å². The van der Waals surface area contributed by atoms with Crippen molar-refractivity contribution >= 4 is 18.3 Å². The number of amides is 1. The Morgan fingerprint density at radius 2 is 1.88 bits per heavy atom. The first kappa shape index (κ1) is 15.7. The van der Waals surface area contributed by atoms with E-state index in [9.17, 15) is 4.79 Å². The summed E-state index contributed by atoms with van der Waals surface area (Å²) in [7, 11) is 0. The van der Waals surface area contributed by atoms with Gasteiger partial charge in [-0.25, -0.2) is 0 Å². The molecule has 0 radical (unpaired) electrons. The summed E-state index contributed by atoms with van der Waals surface area (Å²) in [6, 6.07) is 0.206. The molecular weight excluding hydrogens is 224 g/mol. The van der Waals surface area contributed by atoms with E-state index in [0.29, 0.717) is 17.7 Å². The summed E-state index contributed by atoms with van der Waals surface area (Å²) in [5.74, 6) is 1.35. The van der Waals surface area contributed by atoms with E-state index in [2.05, 4.69) is 13.8 Å². The minimum Gasteiger partial charge on any atom is -0.342 e. The second-order valence-electron chi connectivity index (χ2n) is 5.22. The van der Waals surface area contributed by atoms with Gasteiger partial charge < -0.3 is 10.6 Å². The highest BCUT2D eigenvalue weighted by Crippen LogP contribution is 2.22. The van der Waals surface area contributed by atoms with E-state index < -0.39 is 0 Å². The molecule has 0 aromatic heterocycles. The average Bonchev–Trinajstić information content (AvgIpc) is 2.64. The van der Waals surface area contributed by atoms with E-state index in [-0.39, 0.29) is 24.4 Å². The number of carbonyl (C=O) groups excluding carboxylic acids is 1. The van der Waals surface area contributed by atoms with Crippen LogP contribution in [0.5, 0.6) is 0 Å². The van der Waals surface area contributed by atoms with Gasteiger partial charge in [-0.1, -0.05) is 20.8 Å². The zero-order chi connectivity index (χ0) is 11.6. The van der Waals surface area contributed by atoms with Crippen LogP contribution >= 0.6 is 12.4 Å². The van der Waals surface area contributed by atoms with Crippen molar-refractivity contribution in [3.8, 4) is 0 Å². The summed E-state index contributed by atoms with van der Waals surface area (Å²) in [6.45, 7) is 10.00. The first-order valence-electron chi connectivity index (χ1n) is 5.97. The van der Waals surface area contributed by atoms with Crippen LogP contribution in [0, 0.1) is 17.8 Å². The molecule has 1 heterocycles. The lowest BCUT2D eigenvalue weighted by atomic mass is 9.96. The molecule has 0 bridgehead atoms. The lowest BCUT2D eigenvalue weighted by molar-refractivity contribution is -0.135. The van der Waals surface area contributed by atoms with E-state index in [1.807, 2.05) is 18.7 Å². The Morgan fingerprint density at radius 3 is 2.25 bits per heavy atom. The first-order chi connectivity index (χ1) is 6.93. The second kappa shape index (κ2) is 6.45. The smallest absolute Gasteiger partial charge is 0.225 e. The molecule has 3 atom stereocenters. The van der Waals surface area contributed by atoms with E-state index >= 15 is 0 Å². The molecule has 1 aliphatic heterocycles. The molecule has 2 N–H and O–H groups in total.